The summed E-state index contributed by atoms with van der Waals surface area (Å²) in [5.41, 5.74) is 0. The molecule has 0 aliphatic heterocycles. The molecule has 0 aromatic carbocycles. The van der Waals surface area contributed by atoms with Gasteiger partial charge in [-0.3, -0.25) is 13.6 Å². The van der Waals surface area contributed by atoms with Gasteiger partial charge in [0.05, 0.1) is 25.6 Å². The second kappa shape index (κ2) is 7.55. The van der Waals surface area contributed by atoms with Crippen molar-refractivity contribution in [3.8, 4) is 0 Å². The van der Waals surface area contributed by atoms with E-state index in [2.05, 4.69) is 17.8 Å². The predicted octanol–water partition coefficient (Wildman–Crippen LogP) is 2.05. The zero-order valence-electron chi connectivity index (χ0n) is 10.2. The summed E-state index contributed by atoms with van der Waals surface area (Å²) in [5, 5.41) is 0. The summed E-state index contributed by atoms with van der Waals surface area (Å²) in [7, 11) is -8.83. The maximum absolute atomic E-state index is 11.7. The maximum Gasteiger partial charge on any atom is 0.537 e. The standard InChI is InChI=1S/C7H14F3O7PS/c1-3-14-18(11,15-4-2)16-5-6-19(12,13)17-7(8,9)10/h3-6H2,1-2H3. The number of phosphoric ester groups is 1. The van der Waals surface area contributed by atoms with Gasteiger partial charge in [0, 0.05) is 0 Å². The number of hydrogen-bond acceptors (Lipinski definition) is 7. The first-order chi connectivity index (χ1) is 8.54. The molecular weight excluding hydrogens is 316 g/mol. The molecule has 0 atom stereocenters. The number of phosphoric acid groups is 1. The molecule has 0 aromatic heterocycles. The van der Waals surface area contributed by atoms with E-state index in [1.54, 1.807) is 0 Å². The third kappa shape index (κ3) is 9.36. The highest BCUT2D eigenvalue weighted by molar-refractivity contribution is 7.86. The van der Waals surface area contributed by atoms with Crippen LogP contribution in [0.25, 0.3) is 0 Å². The lowest BCUT2D eigenvalue weighted by molar-refractivity contribution is -0.271. The average molecular weight is 330 g/mol. The summed E-state index contributed by atoms with van der Waals surface area (Å²) in [4.78, 5) is 0. The van der Waals surface area contributed by atoms with Gasteiger partial charge in [-0.05, 0) is 13.8 Å². The molecule has 0 aliphatic carbocycles. The lowest BCUT2D eigenvalue weighted by Crippen LogP contribution is -2.23. The van der Waals surface area contributed by atoms with E-state index < -0.39 is 36.7 Å². The molecule has 0 radical (unpaired) electrons. The van der Waals surface area contributed by atoms with Crippen molar-refractivity contribution in [1.82, 2.24) is 0 Å². The van der Waals surface area contributed by atoms with Gasteiger partial charge in [-0.25, -0.2) is 4.57 Å². The summed E-state index contributed by atoms with van der Waals surface area (Å²) < 4.78 is 85.2. The third-order valence-electron chi connectivity index (χ3n) is 1.38. The molecular formula is C7H14F3O7PS. The molecule has 7 nitrogen and oxygen atoms in total. The van der Waals surface area contributed by atoms with Gasteiger partial charge in [0.15, 0.2) is 0 Å². The summed E-state index contributed by atoms with van der Waals surface area (Å²) in [6, 6.07) is 0. The van der Waals surface area contributed by atoms with Crippen molar-refractivity contribution in [1.29, 1.82) is 0 Å². The summed E-state index contributed by atoms with van der Waals surface area (Å²) >= 11 is 0. The number of alkyl halides is 3. The molecule has 0 saturated heterocycles. The van der Waals surface area contributed by atoms with Crippen molar-refractivity contribution in [3.05, 3.63) is 0 Å². The Morgan fingerprint density at radius 2 is 1.53 bits per heavy atom. The van der Waals surface area contributed by atoms with Gasteiger partial charge in [-0.15, -0.1) is 13.2 Å². The van der Waals surface area contributed by atoms with E-state index in [-0.39, 0.29) is 13.2 Å². The van der Waals surface area contributed by atoms with Gasteiger partial charge in [-0.1, -0.05) is 0 Å². The minimum absolute atomic E-state index is 0.0386. The molecule has 0 bridgehead atoms. The van der Waals surface area contributed by atoms with E-state index in [1.165, 1.54) is 13.8 Å². The van der Waals surface area contributed by atoms with Gasteiger partial charge in [0.2, 0.25) is 0 Å². The van der Waals surface area contributed by atoms with Crippen molar-refractivity contribution in [2.24, 2.45) is 0 Å². The molecule has 0 amide bonds. The van der Waals surface area contributed by atoms with Crippen LogP contribution < -0.4 is 0 Å². The zero-order chi connectivity index (χ0) is 15.2. The van der Waals surface area contributed by atoms with Crippen LogP contribution >= 0.6 is 7.82 Å². The van der Waals surface area contributed by atoms with Crippen LogP contribution in [-0.2, 0) is 32.4 Å². The Hall–Kier alpha value is -0.190. The van der Waals surface area contributed by atoms with Gasteiger partial charge in [0.25, 0.3) is 10.1 Å². The number of halogens is 3. The van der Waals surface area contributed by atoms with Crippen LogP contribution in [0.3, 0.4) is 0 Å². The quantitative estimate of drug-likeness (QED) is 0.472. The minimum atomic E-state index is -5.32. The van der Waals surface area contributed by atoms with Crippen LogP contribution in [0.1, 0.15) is 13.8 Å². The van der Waals surface area contributed by atoms with E-state index in [4.69, 9.17) is 0 Å². The Bertz CT molecular complexity index is 397. The van der Waals surface area contributed by atoms with Crippen molar-refractivity contribution < 1.29 is 43.9 Å². The van der Waals surface area contributed by atoms with Crippen LogP contribution in [0.5, 0.6) is 0 Å². The molecule has 0 unspecified atom stereocenters. The van der Waals surface area contributed by atoms with Crippen LogP contribution in [0, 0.1) is 0 Å². The van der Waals surface area contributed by atoms with Gasteiger partial charge >= 0.3 is 14.2 Å². The van der Waals surface area contributed by atoms with E-state index in [0.717, 1.165) is 0 Å². The maximum atomic E-state index is 11.7. The summed E-state index contributed by atoms with van der Waals surface area (Å²) in [6.45, 7) is 2.07. The second-order valence-electron chi connectivity index (χ2n) is 2.91. The third-order valence-corrected chi connectivity index (χ3v) is 4.14. The van der Waals surface area contributed by atoms with Gasteiger partial charge in [-0.2, -0.15) is 12.6 Å². The van der Waals surface area contributed by atoms with E-state index in [1.807, 2.05) is 0 Å². The van der Waals surface area contributed by atoms with Gasteiger partial charge in [0.1, 0.15) is 0 Å². The highest BCUT2D eigenvalue weighted by atomic mass is 32.2. The average Bonchev–Trinajstić information content (AvgIpc) is 2.13. The molecule has 116 valence electrons. The first kappa shape index (κ1) is 18.8. The van der Waals surface area contributed by atoms with Crippen LogP contribution in [-0.4, -0.2) is 40.4 Å². The Labute approximate surface area is 108 Å². The fourth-order valence-corrected chi connectivity index (χ4v) is 2.82. The van der Waals surface area contributed by atoms with Gasteiger partial charge < -0.3 is 0 Å². The van der Waals surface area contributed by atoms with E-state index >= 15 is 0 Å². The molecule has 0 aliphatic rings. The number of rotatable bonds is 9. The SMILES string of the molecule is CCOP(=O)(OCC)OCCS(=O)(=O)OC(F)(F)F. The lowest BCUT2D eigenvalue weighted by atomic mass is 10.9. The van der Waals surface area contributed by atoms with Crippen molar-refractivity contribution in [2.75, 3.05) is 25.6 Å². The molecule has 0 fully saturated rings. The molecule has 0 aromatic rings. The molecule has 0 spiro atoms. The fourth-order valence-electron chi connectivity index (χ4n) is 0.865. The Morgan fingerprint density at radius 1 is 1.05 bits per heavy atom. The topological polar surface area (TPSA) is 88.1 Å². The highest BCUT2D eigenvalue weighted by Gasteiger charge is 2.37. The van der Waals surface area contributed by atoms with Crippen molar-refractivity contribution >= 4 is 17.9 Å². The zero-order valence-corrected chi connectivity index (χ0v) is 11.9. The van der Waals surface area contributed by atoms with E-state index in [9.17, 15) is 26.2 Å². The predicted molar refractivity (Wildman–Crippen MR) is 57.7 cm³/mol. The monoisotopic (exact) mass is 330 g/mol. The molecule has 12 heteroatoms. The highest BCUT2D eigenvalue weighted by Crippen LogP contribution is 2.49. The minimum Gasteiger partial charge on any atom is -0.287 e. The first-order valence-electron chi connectivity index (χ1n) is 5.07. The Balaban J connectivity index is 4.37. The summed E-state index contributed by atoms with van der Waals surface area (Å²) in [5.74, 6) is -1.14. The molecule has 19 heavy (non-hydrogen) atoms. The number of hydrogen-bond donors (Lipinski definition) is 0. The summed E-state index contributed by atoms with van der Waals surface area (Å²) in [6.07, 6.45) is -5.32. The molecule has 0 saturated carbocycles. The molecule has 0 N–H and O–H groups in total. The molecule has 0 heterocycles. The molecule has 0 rings (SSSR count). The first-order valence-corrected chi connectivity index (χ1v) is 8.11. The Morgan fingerprint density at radius 3 is 1.89 bits per heavy atom. The van der Waals surface area contributed by atoms with Crippen molar-refractivity contribution in [2.45, 2.75) is 20.2 Å². The smallest absolute Gasteiger partial charge is 0.287 e. The fraction of sp³-hybridized carbons (Fsp3) is 1.00. The van der Waals surface area contributed by atoms with Crippen molar-refractivity contribution in [3.63, 3.8) is 0 Å². The lowest BCUT2D eigenvalue weighted by Gasteiger charge is -2.16. The van der Waals surface area contributed by atoms with E-state index in [0.29, 0.717) is 0 Å². The van der Waals surface area contributed by atoms with Crippen LogP contribution in [0.4, 0.5) is 13.2 Å². The normalized spacial score (nSPS) is 13.7. The van der Waals surface area contributed by atoms with Crippen LogP contribution in [0.15, 0.2) is 0 Å². The Kier molecular flexibility index (Phi) is 7.48. The van der Waals surface area contributed by atoms with Crippen LogP contribution in [0.2, 0.25) is 0 Å². The second-order valence-corrected chi connectivity index (χ2v) is 6.27. The largest absolute Gasteiger partial charge is 0.537 e.